The molecule has 71 heavy (non-hydrogen) atoms. The molecule has 15 nitrogen and oxygen atoms in total. The third-order valence-corrected chi connectivity index (χ3v) is 14.6. The highest BCUT2D eigenvalue weighted by atomic mass is 32.2. The van der Waals surface area contributed by atoms with E-state index in [1.54, 1.807) is 30.7 Å². The topological polar surface area (TPSA) is 190 Å². The van der Waals surface area contributed by atoms with Crippen LogP contribution in [0.2, 0.25) is 0 Å². The molecule has 2 aliphatic rings. The number of thioether (sulfide) groups is 2. The lowest BCUT2D eigenvalue weighted by Gasteiger charge is -2.49. The molecule has 3 N–H and O–H groups in total. The second-order valence-electron chi connectivity index (χ2n) is 16.5. The fraction of sp³-hybridized carbons (Fsp3) is 0.170. The standard InChI is InChI=1S/C53H46N8O7S3/c1-33(2)60-48(65)46(63)57-58-52(60)69-30-29-36-31-70-49-42(47(64)61(49)43(36)50(66)68-44(34-19-9-4-10-20-34)35-21-11-5-12-22-35)55-45(62)41(59-67-3)40-32-71-51(54-40)56-53(37-23-13-6-14-24-37,38-25-15-7-16-26-38)39-27-17-8-18-28-39/h4-30,32-33,42,44,49H,31H2,1-3H3,(H,54,56)(H,55,62)(H,57,63). The number of H-pyrrole nitrogens is 1. The summed E-state index contributed by atoms with van der Waals surface area (Å²) in [7, 11) is 1.32. The van der Waals surface area contributed by atoms with Gasteiger partial charge in [0, 0.05) is 17.2 Å². The third kappa shape index (κ3) is 9.86. The van der Waals surface area contributed by atoms with Crippen molar-refractivity contribution in [1.82, 2.24) is 30.0 Å². The lowest BCUT2D eigenvalue weighted by atomic mass is 9.77. The Labute approximate surface area is 420 Å². The molecule has 0 bridgehead atoms. The Morgan fingerprint density at radius 1 is 0.831 bits per heavy atom. The van der Waals surface area contributed by atoms with Gasteiger partial charge in [0.15, 0.2) is 22.1 Å². The highest BCUT2D eigenvalue weighted by Gasteiger charge is 2.55. The van der Waals surface area contributed by atoms with Crippen molar-refractivity contribution in [3.8, 4) is 0 Å². The van der Waals surface area contributed by atoms with E-state index in [1.807, 2.05) is 115 Å². The minimum Gasteiger partial charge on any atom is -0.448 e. The van der Waals surface area contributed by atoms with Crippen molar-refractivity contribution in [1.29, 1.82) is 0 Å². The minimum atomic E-state index is -1.07. The summed E-state index contributed by atoms with van der Waals surface area (Å²) in [6.45, 7) is 3.52. The molecule has 1 fully saturated rings. The summed E-state index contributed by atoms with van der Waals surface area (Å²) in [6, 6.07) is 47.2. The first kappa shape index (κ1) is 48.2. The number of thiazole rings is 1. The van der Waals surface area contributed by atoms with Crippen LogP contribution in [-0.2, 0) is 29.5 Å². The van der Waals surface area contributed by atoms with Gasteiger partial charge < -0.3 is 20.2 Å². The SMILES string of the molecule is CON=C(C(=O)NC1C(=O)N2C(C(=O)OC(c3ccccc3)c3ccccc3)=C(C=CSc3n[nH]c(=O)c(=O)n3C(C)C)CSC12)c1csc(NC(c2ccccc2)(c2ccccc2)c2ccccc2)n1. The molecule has 4 heterocycles. The zero-order valence-corrected chi connectivity index (χ0v) is 41.0. The van der Waals surface area contributed by atoms with Gasteiger partial charge >= 0.3 is 17.1 Å². The van der Waals surface area contributed by atoms with E-state index in [-0.39, 0.29) is 34.1 Å². The number of carbonyl (C=O) groups excluding carboxylic acids is 3. The molecule has 18 heteroatoms. The Hall–Kier alpha value is -7.80. The number of rotatable bonds is 17. The maximum Gasteiger partial charge on any atom is 0.356 e. The summed E-state index contributed by atoms with van der Waals surface area (Å²) >= 11 is 3.69. The normalized spacial score (nSPS) is 15.9. The molecule has 2 amide bonds. The Morgan fingerprint density at radius 3 is 1.92 bits per heavy atom. The molecule has 358 valence electrons. The number of nitrogens with zero attached hydrogens (tertiary/aromatic N) is 5. The van der Waals surface area contributed by atoms with Crippen LogP contribution in [0.4, 0.5) is 5.13 Å². The smallest absolute Gasteiger partial charge is 0.356 e. The van der Waals surface area contributed by atoms with Crippen molar-refractivity contribution in [3.63, 3.8) is 0 Å². The molecule has 5 aromatic carbocycles. The van der Waals surface area contributed by atoms with Gasteiger partial charge in [0.2, 0.25) is 0 Å². The van der Waals surface area contributed by atoms with Crippen LogP contribution in [0.3, 0.4) is 0 Å². The van der Waals surface area contributed by atoms with Crippen LogP contribution >= 0.6 is 34.9 Å². The molecular weight excluding hydrogens is 957 g/mol. The van der Waals surface area contributed by atoms with Crippen LogP contribution < -0.4 is 21.8 Å². The van der Waals surface area contributed by atoms with Crippen LogP contribution in [0.1, 0.15) is 59.5 Å². The number of carbonyl (C=O) groups is 3. The number of hydrogen-bond acceptors (Lipinski definition) is 14. The molecule has 0 spiro atoms. The highest BCUT2D eigenvalue weighted by molar-refractivity contribution is 8.02. The predicted octanol–water partition coefficient (Wildman–Crippen LogP) is 8.02. The number of benzene rings is 5. The number of amides is 2. The van der Waals surface area contributed by atoms with E-state index in [1.165, 1.54) is 39.7 Å². The largest absolute Gasteiger partial charge is 0.448 e. The average molecular weight is 1000 g/mol. The fourth-order valence-electron chi connectivity index (χ4n) is 8.51. The lowest BCUT2D eigenvalue weighted by Crippen LogP contribution is -2.71. The number of esters is 1. The summed E-state index contributed by atoms with van der Waals surface area (Å²) in [4.78, 5) is 79.7. The number of aromatic nitrogens is 4. The van der Waals surface area contributed by atoms with Gasteiger partial charge in [-0.3, -0.25) is 28.6 Å². The number of aromatic amines is 1. The van der Waals surface area contributed by atoms with E-state index in [4.69, 9.17) is 14.6 Å². The van der Waals surface area contributed by atoms with E-state index in [2.05, 4.69) is 62.4 Å². The minimum absolute atomic E-state index is 0.00614. The van der Waals surface area contributed by atoms with Crippen molar-refractivity contribution in [2.75, 3.05) is 18.2 Å². The van der Waals surface area contributed by atoms with Gasteiger partial charge in [-0.25, -0.2) is 14.9 Å². The van der Waals surface area contributed by atoms with Gasteiger partial charge in [0.05, 0.1) is 0 Å². The monoisotopic (exact) mass is 1000 g/mol. The van der Waals surface area contributed by atoms with Crippen molar-refractivity contribution in [2.45, 2.75) is 48.1 Å². The van der Waals surface area contributed by atoms with E-state index >= 15 is 0 Å². The molecular formula is C53H46N8O7S3. The molecule has 2 unspecified atom stereocenters. The first-order chi connectivity index (χ1) is 34.6. The van der Waals surface area contributed by atoms with Gasteiger partial charge in [-0.15, -0.1) is 28.2 Å². The van der Waals surface area contributed by atoms with Crippen molar-refractivity contribution < 1.29 is 24.0 Å². The second-order valence-corrected chi connectivity index (χ2v) is 19.3. The maximum atomic E-state index is 14.7. The number of oxime groups is 1. The number of allylic oxidation sites excluding steroid dienone is 1. The number of β-lactam (4-membered cyclic amide) rings is 1. The first-order valence-corrected chi connectivity index (χ1v) is 25.3. The molecule has 0 saturated carbocycles. The number of fused-ring (bicyclic) bond motifs is 1. The molecule has 2 atom stereocenters. The van der Waals surface area contributed by atoms with Crippen molar-refractivity contribution >= 4 is 63.5 Å². The van der Waals surface area contributed by atoms with Crippen molar-refractivity contribution in [2.24, 2.45) is 5.16 Å². The summed E-state index contributed by atoms with van der Waals surface area (Å²) in [5, 5.41) is 20.3. The first-order valence-electron chi connectivity index (χ1n) is 22.4. The van der Waals surface area contributed by atoms with Gasteiger partial charge in [0.25, 0.3) is 11.8 Å². The Bertz CT molecular complexity index is 3120. The number of ether oxygens (including phenoxy) is 1. The Morgan fingerprint density at radius 2 is 1.38 bits per heavy atom. The van der Waals surface area contributed by atoms with Crippen LogP contribution in [0.5, 0.6) is 0 Å². The highest BCUT2D eigenvalue weighted by Crippen LogP contribution is 2.43. The van der Waals surface area contributed by atoms with E-state index in [0.29, 0.717) is 21.8 Å². The van der Waals surface area contributed by atoms with Crippen LogP contribution in [0.25, 0.3) is 0 Å². The quantitative estimate of drug-likeness (QED) is 0.0152. The predicted molar refractivity (Wildman–Crippen MR) is 276 cm³/mol. The number of hydrogen-bond donors (Lipinski definition) is 3. The molecule has 0 radical (unpaired) electrons. The van der Waals surface area contributed by atoms with Gasteiger partial charge in [0.1, 0.15) is 35.5 Å². The Balaban J connectivity index is 1.00. The summed E-state index contributed by atoms with van der Waals surface area (Å²) in [5.41, 5.74) is 2.32. The van der Waals surface area contributed by atoms with Gasteiger partial charge in [-0.05, 0) is 58.7 Å². The third-order valence-electron chi connectivity index (χ3n) is 11.8. The summed E-state index contributed by atoms with van der Waals surface area (Å²) < 4.78 is 7.60. The molecule has 9 rings (SSSR count). The zero-order valence-electron chi connectivity index (χ0n) is 38.5. The lowest BCUT2D eigenvalue weighted by molar-refractivity contribution is -0.154. The van der Waals surface area contributed by atoms with E-state index in [9.17, 15) is 24.0 Å². The molecule has 7 aromatic rings. The van der Waals surface area contributed by atoms with E-state index in [0.717, 1.165) is 28.5 Å². The number of nitrogens with one attached hydrogen (secondary N) is 3. The fourth-order valence-corrected chi connectivity index (χ4v) is 11.4. The number of anilines is 1. The van der Waals surface area contributed by atoms with Gasteiger partial charge in [-0.1, -0.05) is 169 Å². The van der Waals surface area contributed by atoms with Crippen molar-refractivity contribution in [3.05, 3.63) is 234 Å². The molecule has 2 aromatic heterocycles. The van der Waals surface area contributed by atoms with Gasteiger partial charge in [-0.2, -0.15) is 0 Å². The van der Waals surface area contributed by atoms with E-state index < -0.39 is 52.0 Å². The maximum absolute atomic E-state index is 14.7. The zero-order chi connectivity index (χ0) is 49.5. The summed E-state index contributed by atoms with van der Waals surface area (Å²) in [6.07, 6.45) is 0.830. The van der Waals surface area contributed by atoms with Crippen LogP contribution in [0.15, 0.2) is 200 Å². The molecule has 1 saturated heterocycles. The Kier molecular flexibility index (Phi) is 14.6. The summed E-state index contributed by atoms with van der Waals surface area (Å²) in [5.74, 6) is -1.80. The average Bonchev–Trinajstić information content (AvgIpc) is 3.87. The molecule has 0 aliphatic carbocycles. The van der Waals surface area contributed by atoms with Crippen LogP contribution in [0, 0.1) is 0 Å². The molecule has 2 aliphatic heterocycles. The van der Waals surface area contributed by atoms with Crippen LogP contribution in [-0.4, -0.2) is 72.4 Å². The second kappa shape index (κ2) is 21.5.